The molecule has 1 fully saturated rings. The Labute approximate surface area is 158 Å². The Kier molecular flexibility index (Phi) is 5.51. The predicted molar refractivity (Wildman–Crippen MR) is 102 cm³/mol. The number of hydrogen-bond acceptors (Lipinski definition) is 3. The zero-order valence-corrected chi connectivity index (χ0v) is 15.9. The van der Waals surface area contributed by atoms with Crippen molar-refractivity contribution in [3.05, 3.63) is 48.3 Å². The molecule has 1 N–H and O–H groups in total. The van der Waals surface area contributed by atoms with Gasteiger partial charge in [-0.1, -0.05) is 31.4 Å². The first-order valence-corrected chi connectivity index (χ1v) is 10.8. The highest BCUT2D eigenvalue weighted by atomic mass is 32.2. The summed E-state index contributed by atoms with van der Waals surface area (Å²) in [5.41, 5.74) is 0.974. The maximum Gasteiger partial charge on any atom is 0.412 e. The lowest BCUT2D eigenvalue weighted by molar-refractivity contribution is 0.196. The van der Waals surface area contributed by atoms with Crippen molar-refractivity contribution in [1.29, 1.82) is 0 Å². The lowest BCUT2D eigenvalue weighted by Crippen LogP contribution is -2.40. The van der Waals surface area contributed by atoms with Crippen LogP contribution in [0.3, 0.4) is 0 Å². The first-order chi connectivity index (χ1) is 12.8. The van der Waals surface area contributed by atoms with Crippen LogP contribution in [0.15, 0.2) is 47.4 Å². The molecule has 1 saturated carbocycles. The minimum absolute atomic E-state index is 0.0900. The van der Waals surface area contributed by atoms with Crippen LogP contribution in [-0.2, 0) is 9.84 Å². The number of rotatable bonds is 4. The van der Waals surface area contributed by atoms with E-state index >= 15 is 0 Å². The van der Waals surface area contributed by atoms with Crippen LogP contribution in [-0.4, -0.2) is 31.9 Å². The van der Waals surface area contributed by atoms with Crippen LogP contribution >= 0.6 is 0 Å². The Morgan fingerprint density at radius 3 is 2.44 bits per heavy atom. The average Bonchev–Trinajstić information content (AvgIpc) is 2.63. The molecule has 1 amide bonds. The number of carboxylic acid groups (broad SMARTS) is 1. The van der Waals surface area contributed by atoms with Gasteiger partial charge in [-0.2, -0.15) is 0 Å². The van der Waals surface area contributed by atoms with E-state index in [1.54, 1.807) is 12.1 Å². The molecule has 2 aromatic rings. The number of amides is 1. The van der Waals surface area contributed by atoms with Gasteiger partial charge in [0.25, 0.3) is 0 Å². The fourth-order valence-electron chi connectivity index (χ4n) is 3.60. The van der Waals surface area contributed by atoms with Gasteiger partial charge >= 0.3 is 6.09 Å². The number of hydrogen-bond donors (Lipinski definition) is 1. The van der Waals surface area contributed by atoms with Gasteiger partial charge in [-0.3, -0.25) is 4.90 Å². The van der Waals surface area contributed by atoms with Crippen molar-refractivity contribution in [1.82, 2.24) is 0 Å². The van der Waals surface area contributed by atoms with Gasteiger partial charge in [-0.25, -0.2) is 17.6 Å². The largest absolute Gasteiger partial charge is 0.465 e. The number of benzene rings is 2. The van der Waals surface area contributed by atoms with Gasteiger partial charge in [0.15, 0.2) is 9.84 Å². The van der Waals surface area contributed by atoms with Gasteiger partial charge in [0, 0.05) is 23.5 Å². The molecule has 27 heavy (non-hydrogen) atoms. The zero-order chi connectivity index (χ0) is 19.6. The van der Waals surface area contributed by atoms with E-state index in [2.05, 4.69) is 0 Å². The van der Waals surface area contributed by atoms with Gasteiger partial charge in [0.1, 0.15) is 5.82 Å². The van der Waals surface area contributed by atoms with E-state index < -0.39 is 21.7 Å². The third-order valence-corrected chi connectivity index (χ3v) is 6.06. The summed E-state index contributed by atoms with van der Waals surface area (Å²) in [6, 6.07) is 10.1. The molecule has 1 aliphatic carbocycles. The van der Waals surface area contributed by atoms with Crippen LogP contribution in [0.4, 0.5) is 14.9 Å². The van der Waals surface area contributed by atoms with Gasteiger partial charge in [-0.15, -0.1) is 0 Å². The second-order valence-electron chi connectivity index (χ2n) is 6.91. The van der Waals surface area contributed by atoms with Crippen LogP contribution in [0.25, 0.3) is 11.1 Å². The van der Waals surface area contributed by atoms with E-state index in [0.717, 1.165) is 38.4 Å². The molecule has 144 valence electrons. The topological polar surface area (TPSA) is 74.7 Å². The summed E-state index contributed by atoms with van der Waals surface area (Å²) < 4.78 is 38.1. The maximum absolute atomic E-state index is 14.5. The lowest BCUT2D eigenvalue weighted by atomic mass is 9.93. The average molecular weight is 391 g/mol. The van der Waals surface area contributed by atoms with Gasteiger partial charge < -0.3 is 5.11 Å². The highest BCUT2D eigenvalue weighted by Crippen LogP contribution is 2.33. The standard InChI is InChI=1S/C20H22FNO4S/c1-27(25,26)17-9-5-6-14(12-17)18-13-16(10-11-19(18)21)22(20(23)24)15-7-3-2-4-8-15/h5-6,9-13,15H,2-4,7-8H2,1H3,(H,23,24). The summed E-state index contributed by atoms with van der Waals surface area (Å²) in [4.78, 5) is 13.3. The monoisotopic (exact) mass is 391 g/mol. The Hall–Kier alpha value is -2.41. The van der Waals surface area contributed by atoms with Crippen molar-refractivity contribution in [2.24, 2.45) is 0 Å². The van der Waals surface area contributed by atoms with Crippen molar-refractivity contribution in [2.75, 3.05) is 11.2 Å². The number of halogens is 1. The highest BCUT2D eigenvalue weighted by Gasteiger charge is 2.27. The van der Waals surface area contributed by atoms with E-state index in [1.807, 2.05) is 0 Å². The normalized spacial score (nSPS) is 15.5. The van der Waals surface area contributed by atoms with Crippen LogP contribution in [0.5, 0.6) is 0 Å². The van der Waals surface area contributed by atoms with Crippen molar-refractivity contribution in [2.45, 2.75) is 43.0 Å². The molecule has 0 aromatic heterocycles. The SMILES string of the molecule is CS(=O)(=O)c1cccc(-c2cc(N(C(=O)O)C3CCCCC3)ccc2F)c1. The molecule has 0 spiro atoms. The minimum atomic E-state index is -3.43. The smallest absolute Gasteiger partial charge is 0.412 e. The van der Waals surface area contributed by atoms with Crippen LogP contribution in [0, 0.1) is 5.82 Å². The fraction of sp³-hybridized carbons (Fsp3) is 0.350. The van der Waals surface area contributed by atoms with Gasteiger partial charge in [-0.05, 0) is 48.7 Å². The van der Waals surface area contributed by atoms with Crippen molar-refractivity contribution < 1.29 is 22.7 Å². The fourth-order valence-corrected chi connectivity index (χ4v) is 4.26. The summed E-state index contributed by atoms with van der Waals surface area (Å²) in [5, 5.41) is 9.71. The molecule has 0 unspecified atom stereocenters. The summed E-state index contributed by atoms with van der Waals surface area (Å²) in [7, 11) is -3.43. The molecule has 0 atom stereocenters. The molecule has 2 aromatic carbocycles. The lowest BCUT2D eigenvalue weighted by Gasteiger charge is -2.32. The number of sulfone groups is 1. The summed E-state index contributed by atoms with van der Waals surface area (Å²) in [6.07, 6.45) is 4.62. The Morgan fingerprint density at radius 2 is 1.81 bits per heavy atom. The van der Waals surface area contributed by atoms with E-state index in [1.165, 1.54) is 35.2 Å². The molecule has 0 radical (unpaired) electrons. The Morgan fingerprint density at radius 1 is 1.11 bits per heavy atom. The van der Waals surface area contributed by atoms with Crippen LogP contribution in [0.2, 0.25) is 0 Å². The Balaban J connectivity index is 2.05. The quantitative estimate of drug-likeness (QED) is 0.819. The molecule has 1 aliphatic rings. The number of nitrogens with zero attached hydrogens (tertiary/aromatic N) is 1. The second kappa shape index (κ2) is 7.68. The minimum Gasteiger partial charge on any atom is -0.465 e. The molecule has 0 saturated heterocycles. The van der Waals surface area contributed by atoms with Crippen molar-refractivity contribution >= 4 is 21.6 Å². The van der Waals surface area contributed by atoms with Crippen LogP contribution < -0.4 is 4.90 Å². The molecular formula is C20H22FNO4S. The third kappa shape index (κ3) is 4.30. The van der Waals surface area contributed by atoms with E-state index in [0.29, 0.717) is 11.3 Å². The molecule has 7 heteroatoms. The summed E-state index contributed by atoms with van der Waals surface area (Å²) in [6.45, 7) is 0. The van der Waals surface area contributed by atoms with Crippen LogP contribution in [0.1, 0.15) is 32.1 Å². The second-order valence-corrected chi connectivity index (χ2v) is 8.92. The number of anilines is 1. The maximum atomic E-state index is 14.5. The van der Waals surface area contributed by atoms with Crippen molar-refractivity contribution in [3.63, 3.8) is 0 Å². The molecule has 0 aliphatic heterocycles. The van der Waals surface area contributed by atoms with Crippen molar-refractivity contribution in [3.8, 4) is 11.1 Å². The van der Waals surface area contributed by atoms with E-state index in [9.17, 15) is 22.7 Å². The molecule has 5 nitrogen and oxygen atoms in total. The Bertz CT molecular complexity index is 952. The molecule has 0 heterocycles. The molecule has 3 rings (SSSR count). The number of carbonyl (C=O) groups is 1. The summed E-state index contributed by atoms with van der Waals surface area (Å²) >= 11 is 0. The summed E-state index contributed by atoms with van der Waals surface area (Å²) in [5.74, 6) is -0.529. The van der Waals surface area contributed by atoms with Gasteiger partial charge in [0.2, 0.25) is 0 Å². The first-order valence-electron chi connectivity index (χ1n) is 8.89. The molecular weight excluding hydrogens is 369 g/mol. The predicted octanol–water partition coefficient (Wildman–Crippen LogP) is 4.71. The van der Waals surface area contributed by atoms with E-state index in [4.69, 9.17) is 0 Å². The zero-order valence-electron chi connectivity index (χ0n) is 15.1. The first kappa shape index (κ1) is 19.4. The highest BCUT2D eigenvalue weighted by molar-refractivity contribution is 7.90. The van der Waals surface area contributed by atoms with Gasteiger partial charge in [0.05, 0.1) is 4.90 Å². The van der Waals surface area contributed by atoms with E-state index in [-0.39, 0.29) is 16.5 Å². The molecule has 0 bridgehead atoms. The third-order valence-electron chi connectivity index (χ3n) is 4.95.